The van der Waals surface area contributed by atoms with Gasteiger partial charge < -0.3 is 9.88 Å². The molecule has 0 saturated heterocycles. The molecule has 0 bridgehead atoms. The Morgan fingerprint density at radius 1 is 1.11 bits per heavy atom. The van der Waals surface area contributed by atoms with E-state index in [0.717, 1.165) is 23.0 Å². The highest BCUT2D eigenvalue weighted by Crippen LogP contribution is 2.24. The van der Waals surface area contributed by atoms with Crippen molar-refractivity contribution in [3.63, 3.8) is 0 Å². The summed E-state index contributed by atoms with van der Waals surface area (Å²) < 4.78 is 28.9. The SMILES string of the molecule is CCn1ccc2cc(NC(=O)c3cc(C)c(C)c(S(=O)(=O)NC)c3)ccc21. The van der Waals surface area contributed by atoms with Crippen LogP contribution in [-0.4, -0.2) is 25.9 Å². The van der Waals surface area contributed by atoms with Crippen LogP contribution in [0.1, 0.15) is 28.4 Å². The van der Waals surface area contributed by atoms with Crippen LogP contribution in [0.3, 0.4) is 0 Å². The van der Waals surface area contributed by atoms with Crippen LogP contribution < -0.4 is 10.0 Å². The van der Waals surface area contributed by atoms with Crippen LogP contribution in [0.4, 0.5) is 5.69 Å². The lowest BCUT2D eigenvalue weighted by molar-refractivity contribution is 0.102. The molecule has 0 spiro atoms. The molecular weight excluding hydrogens is 362 g/mol. The van der Waals surface area contributed by atoms with Crippen LogP contribution in [0.2, 0.25) is 0 Å². The lowest BCUT2D eigenvalue weighted by Gasteiger charge is -2.13. The van der Waals surface area contributed by atoms with Crippen LogP contribution in [-0.2, 0) is 16.6 Å². The molecule has 2 aromatic carbocycles. The zero-order valence-corrected chi connectivity index (χ0v) is 16.6. The van der Waals surface area contributed by atoms with E-state index < -0.39 is 10.0 Å². The summed E-state index contributed by atoms with van der Waals surface area (Å²) in [5, 5.41) is 3.89. The average molecular weight is 385 g/mol. The van der Waals surface area contributed by atoms with Crippen molar-refractivity contribution in [3.05, 3.63) is 59.3 Å². The molecule has 27 heavy (non-hydrogen) atoms. The minimum absolute atomic E-state index is 0.116. The second kappa shape index (κ2) is 7.17. The molecule has 0 atom stereocenters. The Bertz CT molecular complexity index is 1130. The number of aryl methyl sites for hydroxylation is 2. The average Bonchev–Trinajstić information content (AvgIpc) is 3.05. The molecule has 0 unspecified atom stereocenters. The van der Waals surface area contributed by atoms with E-state index in [-0.39, 0.29) is 10.8 Å². The second-order valence-corrected chi connectivity index (χ2v) is 8.31. The van der Waals surface area contributed by atoms with Crippen molar-refractivity contribution in [2.24, 2.45) is 0 Å². The van der Waals surface area contributed by atoms with Crippen molar-refractivity contribution in [1.29, 1.82) is 0 Å². The van der Waals surface area contributed by atoms with Gasteiger partial charge in [0.25, 0.3) is 5.91 Å². The van der Waals surface area contributed by atoms with Crippen LogP contribution in [0.25, 0.3) is 10.9 Å². The van der Waals surface area contributed by atoms with Gasteiger partial charge in [-0.15, -0.1) is 0 Å². The van der Waals surface area contributed by atoms with Crippen molar-refractivity contribution < 1.29 is 13.2 Å². The Labute approximate surface area is 159 Å². The first-order chi connectivity index (χ1) is 12.8. The Balaban J connectivity index is 1.94. The van der Waals surface area contributed by atoms with Gasteiger partial charge in [0.1, 0.15) is 0 Å². The van der Waals surface area contributed by atoms with E-state index in [2.05, 4.69) is 21.5 Å². The van der Waals surface area contributed by atoms with Crippen LogP contribution >= 0.6 is 0 Å². The number of hydrogen-bond acceptors (Lipinski definition) is 3. The third kappa shape index (κ3) is 3.61. The number of anilines is 1. The molecule has 0 aliphatic heterocycles. The molecule has 0 saturated carbocycles. The number of nitrogens with one attached hydrogen (secondary N) is 2. The number of nitrogens with zero attached hydrogens (tertiary/aromatic N) is 1. The molecule has 7 heteroatoms. The highest BCUT2D eigenvalue weighted by molar-refractivity contribution is 7.89. The van der Waals surface area contributed by atoms with Crippen LogP contribution in [0.15, 0.2) is 47.5 Å². The summed E-state index contributed by atoms with van der Waals surface area (Å²) in [5.74, 6) is -0.347. The first-order valence-electron chi connectivity index (χ1n) is 8.72. The fourth-order valence-electron chi connectivity index (χ4n) is 3.10. The monoisotopic (exact) mass is 385 g/mol. The van der Waals surface area contributed by atoms with E-state index in [1.807, 2.05) is 30.5 Å². The summed E-state index contributed by atoms with van der Waals surface area (Å²) >= 11 is 0. The molecule has 142 valence electrons. The van der Waals surface area contributed by atoms with E-state index in [1.54, 1.807) is 19.9 Å². The zero-order valence-electron chi connectivity index (χ0n) is 15.8. The summed E-state index contributed by atoms with van der Waals surface area (Å²) in [6, 6.07) is 10.8. The molecule has 0 radical (unpaired) electrons. The Hall–Kier alpha value is -2.64. The van der Waals surface area contributed by atoms with Crippen LogP contribution in [0.5, 0.6) is 0 Å². The first-order valence-corrected chi connectivity index (χ1v) is 10.2. The molecule has 1 heterocycles. The lowest BCUT2D eigenvalue weighted by Crippen LogP contribution is -2.21. The summed E-state index contributed by atoms with van der Waals surface area (Å²) in [5.41, 5.74) is 3.44. The number of amides is 1. The van der Waals surface area contributed by atoms with E-state index in [0.29, 0.717) is 16.8 Å². The summed E-state index contributed by atoms with van der Waals surface area (Å²) in [7, 11) is -2.29. The van der Waals surface area contributed by atoms with Crippen molar-refractivity contribution in [3.8, 4) is 0 Å². The first kappa shape index (κ1) is 19.1. The van der Waals surface area contributed by atoms with Crippen molar-refractivity contribution in [2.45, 2.75) is 32.2 Å². The molecule has 2 N–H and O–H groups in total. The minimum atomic E-state index is -3.64. The van der Waals surface area contributed by atoms with E-state index >= 15 is 0 Å². The molecule has 1 aromatic heterocycles. The van der Waals surface area contributed by atoms with Gasteiger partial charge in [-0.2, -0.15) is 0 Å². The Morgan fingerprint density at radius 3 is 2.52 bits per heavy atom. The zero-order chi connectivity index (χ0) is 19.8. The maximum absolute atomic E-state index is 12.7. The van der Waals surface area contributed by atoms with E-state index in [4.69, 9.17) is 0 Å². The fraction of sp³-hybridized carbons (Fsp3) is 0.250. The number of carbonyl (C=O) groups excluding carboxylic acids is 1. The number of benzene rings is 2. The highest BCUT2D eigenvalue weighted by atomic mass is 32.2. The number of aromatic nitrogens is 1. The summed E-state index contributed by atoms with van der Waals surface area (Å²) in [6.45, 7) is 6.47. The van der Waals surface area contributed by atoms with Crippen molar-refractivity contribution in [1.82, 2.24) is 9.29 Å². The molecule has 0 aliphatic carbocycles. The summed E-state index contributed by atoms with van der Waals surface area (Å²) in [4.78, 5) is 12.8. The molecule has 0 aliphatic rings. The Morgan fingerprint density at radius 2 is 1.85 bits per heavy atom. The second-order valence-electron chi connectivity index (χ2n) is 6.45. The smallest absolute Gasteiger partial charge is 0.255 e. The number of rotatable bonds is 5. The van der Waals surface area contributed by atoms with Gasteiger partial charge in [-0.25, -0.2) is 13.1 Å². The fourth-order valence-corrected chi connectivity index (χ4v) is 4.17. The molecule has 0 fully saturated rings. The van der Waals surface area contributed by atoms with Gasteiger partial charge in [-0.1, -0.05) is 0 Å². The van der Waals surface area contributed by atoms with Gasteiger partial charge in [-0.05, 0) is 75.3 Å². The number of fused-ring (bicyclic) bond motifs is 1. The maximum Gasteiger partial charge on any atom is 0.255 e. The highest BCUT2D eigenvalue weighted by Gasteiger charge is 2.19. The number of sulfonamides is 1. The Kier molecular flexibility index (Phi) is 5.08. The third-order valence-corrected chi connectivity index (χ3v) is 6.35. The summed E-state index contributed by atoms with van der Waals surface area (Å²) in [6.07, 6.45) is 2.01. The molecule has 1 amide bonds. The van der Waals surface area contributed by atoms with Gasteiger partial charge >= 0.3 is 0 Å². The van der Waals surface area contributed by atoms with E-state index in [9.17, 15) is 13.2 Å². The normalized spacial score (nSPS) is 11.7. The molecule has 6 nitrogen and oxygen atoms in total. The minimum Gasteiger partial charge on any atom is -0.348 e. The van der Waals surface area contributed by atoms with Gasteiger partial charge in [0.05, 0.1) is 4.90 Å². The van der Waals surface area contributed by atoms with Crippen molar-refractivity contribution in [2.75, 3.05) is 12.4 Å². The third-order valence-electron chi connectivity index (χ3n) is 4.81. The maximum atomic E-state index is 12.7. The molecular formula is C20H23N3O3S. The topological polar surface area (TPSA) is 80.2 Å². The molecule has 3 rings (SSSR count). The number of carbonyl (C=O) groups is 1. The standard InChI is InChI=1S/C20H23N3O3S/c1-5-23-9-8-15-11-17(6-7-18(15)23)22-20(24)16-10-13(2)14(3)19(12-16)27(25,26)21-4/h6-12,21H,5H2,1-4H3,(H,22,24). The van der Waals surface area contributed by atoms with E-state index in [1.165, 1.54) is 13.1 Å². The van der Waals surface area contributed by atoms with Gasteiger partial charge in [0.2, 0.25) is 10.0 Å². The van der Waals surface area contributed by atoms with Gasteiger partial charge in [-0.3, -0.25) is 4.79 Å². The number of hydrogen-bond donors (Lipinski definition) is 2. The largest absolute Gasteiger partial charge is 0.348 e. The van der Waals surface area contributed by atoms with Crippen LogP contribution in [0, 0.1) is 13.8 Å². The van der Waals surface area contributed by atoms with Gasteiger partial charge in [0, 0.05) is 34.9 Å². The predicted molar refractivity (Wildman–Crippen MR) is 108 cm³/mol. The lowest BCUT2D eigenvalue weighted by atomic mass is 10.1. The molecule has 3 aromatic rings. The quantitative estimate of drug-likeness (QED) is 0.706. The predicted octanol–water partition coefficient (Wildman–Crippen LogP) is 3.44. The van der Waals surface area contributed by atoms with Gasteiger partial charge in [0.15, 0.2) is 0 Å². The van der Waals surface area contributed by atoms with Crippen molar-refractivity contribution >= 4 is 32.5 Å².